The molecule has 0 unspecified atom stereocenters. The number of carbonyl (C=O) groups is 3. The van der Waals surface area contributed by atoms with Crippen molar-refractivity contribution >= 4 is 23.6 Å². The number of methoxy groups -OCH3 is 2. The first-order chi connectivity index (χ1) is 24.0. The average molecular weight is 686 g/mol. The van der Waals surface area contributed by atoms with Gasteiger partial charge in [-0.05, 0) is 93.0 Å². The molecule has 2 aromatic carbocycles. The number of carbonyl (C=O) groups excluding carboxylic acids is 3. The highest BCUT2D eigenvalue weighted by molar-refractivity contribution is 6.01. The van der Waals surface area contributed by atoms with E-state index >= 15 is 0 Å². The van der Waals surface area contributed by atoms with Crippen molar-refractivity contribution in [2.75, 3.05) is 25.7 Å². The molecule has 1 aliphatic carbocycles. The predicted molar refractivity (Wildman–Crippen MR) is 184 cm³/mol. The normalized spacial score (nSPS) is 16.6. The number of tetrazole rings is 1. The van der Waals surface area contributed by atoms with E-state index in [2.05, 4.69) is 35.9 Å². The van der Waals surface area contributed by atoms with Crippen LogP contribution in [0, 0.1) is 11.8 Å². The van der Waals surface area contributed by atoms with Gasteiger partial charge in [-0.25, -0.2) is 9.78 Å². The standard InChI is InChI=1S/C35H43N9O6/c1-35(2,3)50-34(47)38-19-22-8-12-25(13-9-22)32(46)44(26-16-14-24(15-17-26)30-40-42-43-41-30)28(29(36)45)18-21-6-10-23(11-7-21)27-20-37-33(49-5)39-31(27)48-4/h6-7,10-11,14-17,20,22,25,28H,8-9,12-13,18-19H2,1-5H3,(H2,36,45)(H,38,47)(H,40,41,42,43)/t22?,25?,28-/m0/s1. The number of hydrogen-bond acceptors (Lipinski definition) is 11. The van der Waals surface area contributed by atoms with Gasteiger partial charge in [-0.1, -0.05) is 24.3 Å². The van der Waals surface area contributed by atoms with E-state index in [0.29, 0.717) is 47.9 Å². The van der Waals surface area contributed by atoms with Gasteiger partial charge >= 0.3 is 12.1 Å². The Balaban J connectivity index is 1.36. The molecular weight excluding hydrogens is 642 g/mol. The lowest BCUT2D eigenvalue weighted by Gasteiger charge is -2.36. The molecule has 15 nitrogen and oxygen atoms in total. The maximum atomic E-state index is 14.4. The number of nitrogens with two attached hydrogens (primary N) is 1. The number of primary amides is 1. The Morgan fingerprint density at radius 3 is 2.24 bits per heavy atom. The van der Waals surface area contributed by atoms with Crippen molar-refractivity contribution in [1.29, 1.82) is 0 Å². The molecule has 0 radical (unpaired) electrons. The molecule has 2 heterocycles. The first-order valence-corrected chi connectivity index (χ1v) is 16.4. The van der Waals surface area contributed by atoms with Gasteiger partial charge in [0.1, 0.15) is 11.6 Å². The zero-order chi connectivity index (χ0) is 35.8. The number of nitrogens with zero attached hydrogens (tertiary/aromatic N) is 6. The maximum absolute atomic E-state index is 14.4. The van der Waals surface area contributed by atoms with Crippen LogP contribution in [0.1, 0.15) is 52.0 Å². The van der Waals surface area contributed by atoms with E-state index in [1.165, 1.54) is 19.1 Å². The fraction of sp³-hybridized carbons (Fsp3) is 0.429. The highest BCUT2D eigenvalue weighted by Gasteiger charge is 2.36. The highest BCUT2D eigenvalue weighted by Crippen LogP contribution is 2.34. The molecule has 0 bridgehead atoms. The van der Waals surface area contributed by atoms with E-state index in [1.807, 2.05) is 45.0 Å². The summed E-state index contributed by atoms with van der Waals surface area (Å²) in [6.07, 6.45) is 4.01. The molecule has 3 amide bonds. The number of aromatic nitrogens is 6. The van der Waals surface area contributed by atoms with Gasteiger partial charge < -0.3 is 25.3 Å². The number of benzene rings is 2. The fourth-order valence-electron chi connectivity index (χ4n) is 6.03. The average Bonchev–Trinajstić information content (AvgIpc) is 3.65. The van der Waals surface area contributed by atoms with Crippen molar-refractivity contribution < 1.29 is 28.6 Å². The lowest BCUT2D eigenvalue weighted by molar-refractivity contribution is -0.127. The number of ether oxygens (including phenoxy) is 3. The molecule has 264 valence electrons. The van der Waals surface area contributed by atoms with Crippen LogP contribution in [0.5, 0.6) is 11.9 Å². The van der Waals surface area contributed by atoms with Crippen molar-refractivity contribution in [2.45, 2.75) is 64.5 Å². The number of anilines is 1. The lowest BCUT2D eigenvalue weighted by atomic mass is 9.81. The molecule has 4 aromatic rings. The number of H-pyrrole nitrogens is 1. The van der Waals surface area contributed by atoms with E-state index in [4.69, 9.17) is 19.9 Å². The summed E-state index contributed by atoms with van der Waals surface area (Å²) in [6.45, 7) is 5.92. The molecule has 5 rings (SSSR count). The van der Waals surface area contributed by atoms with Crippen LogP contribution >= 0.6 is 0 Å². The largest absolute Gasteiger partial charge is 0.480 e. The van der Waals surface area contributed by atoms with Gasteiger partial charge in [0.05, 0.1) is 19.8 Å². The molecule has 50 heavy (non-hydrogen) atoms. The molecule has 4 N–H and O–H groups in total. The van der Waals surface area contributed by atoms with Crippen molar-refractivity contribution in [2.24, 2.45) is 17.6 Å². The van der Waals surface area contributed by atoms with E-state index in [9.17, 15) is 14.4 Å². The third-order valence-corrected chi connectivity index (χ3v) is 8.56. The maximum Gasteiger partial charge on any atom is 0.407 e. The van der Waals surface area contributed by atoms with Crippen LogP contribution in [-0.4, -0.2) is 80.9 Å². The molecule has 1 saturated carbocycles. The first kappa shape index (κ1) is 35.7. The third-order valence-electron chi connectivity index (χ3n) is 8.56. The summed E-state index contributed by atoms with van der Waals surface area (Å²) in [5.74, 6) is -0.193. The summed E-state index contributed by atoms with van der Waals surface area (Å²) in [7, 11) is 3.00. The van der Waals surface area contributed by atoms with Crippen molar-refractivity contribution in [3.63, 3.8) is 0 Å². The molecule has 2 aromatic heterocycles. The Hall–Kier alpha value is -5.60. The van der Waals surface area contributed by atoms with Crippen LogP contribution in [0.4, 0.5) is 10.5 Å². The Morgan fingerprint density at radius 2 is 1.66 bits per heavy atom. The highest BCUT2D eigenvalue weighted by atomic mass is 16.6. The van der Waals surface area contributed by atoms with Gasteiger partial charge in [0.25, 0.3) is 0 Å². The third kappa shape index (κ3) is 8.89. The first-order valence-electron chi connectivity index (χ1n) is 16.4. The topological polar surface area (TPSA) is 200 Å². The molecule has 1 fully saturated rings. The van der Waals surface area contributed by atoms with Gasteiger partial charge in [-0.15, -0.1) is 10.2 Å². The number of alkyl carbamates (subject to hydrolysis) is 1. The number of aromatic amines is 1. The van der Waals surface area contributed by atoms with E-state index in [0.717, 1.165) is 24.0 Å². The number of nitrogens with one attached hydrogen (secondary N) is 2. The van der Waals surface area contributed by atoms with E-state index < -0.39 is 23.6 Å². The van der Waals surface area contributed by atoms with Crippen LogP contribution in [0.25, 0.3) is 22.5 Å². The zero-order valence-corrected chi connectivity index (χ0v) is 28.9. The van der Waals surface area contributed by atoms with Gasteiger partial charge in [-0.3, -0.25) is 14.5 Å². The van der Waals surface area contributed by atoms with Crippen molar-refractivity contribution in [3.05, 3.63) is 60.3 Å². The number of amides is 3. The summed E-state index contributed by atoms with van der Waals surface area (Å²) in [5, 5.41) is 17.0. The fourth-order valence-corrected chi connectivity index (χ4v) is 6.03. The van der Waals surface area contributed by atoms with Crippen molar-refractivity contribution in [1.82, 2.24) is 35.9 Å². The summed E-state index contributed by atoms with van der Waals surface area (Å²) in [4.78, 5) is 49.8. The number of hydrogen-bond donors (Lipinski definition) is 3. The lowest BCUT2D eigenvalue weighted by Crippen LogP contribution is -2.52. The molecular formula is C35H43N9O6. The van der Waals surface area contributed by atoms with Crippen molar-refractivity contribution in [3.8, 4) is 34.4 Å². The molecule has 1 aliphatic rings. The second kappa shape index (κ2) is 15.7. The monoisotopic (exact) mass is 685 g/mol. The zero-order valence-electron chi connectivity index (χ0n) is 28.9. The molecule has 0 spiro atoms. The second-order valence-corrected chi connectivity index (χ2v) is 13.2. The molecule has 1 atom stereocenters. The number of rotatable bonds is 12. The summed E-state index contributed by atoms with van der Waals surface area (Å²) >= 11 is 0. The minimum atomic E-state index is -0.977. The Kier molecular flexibility index (Phi) is 11.2. The van der Waals surface area contributed by atoms with Gasteiger partial charge in [-0.2, -0.15) is 10.2 Å². The predicted octanol–water partition coefficient (Wildman–Crippen LogP) is 4.10. The minimum absolute atomic E-state index is 0.180. The van der Waals surface area contributed by atoms with Crippen LogP contribution in [0.15, 0.2) is 54.7 Å². The quantitative estimate of drug-likeness (QED) is 0.194. The summed E-state index contributed by atoms with van der Waals surface area (Å²) in [5.41, 5.74) is 8.95. The van der Waals surface area contributed by atoms with Gasteiger partial charge in [0.2, 0.25) is 23.5 Å². The smallest absolute Gasteiger partial charge is 0.407 e. The summed E-state index contributed by atoms with van der Waals surface area (Å²) < 4.78 is 15.9. The van der Waals surface area contributed by atoms with Crippen LogP contribution in [-0.2, 0) is 20.7 Å². The second-order valence-electron chi connectivity index (χ2n) is 13.2. The molecule has 0 aliphatic heterocycles. The minimum Gasteiger partial charge on any atom is -0.480 e. The Labute approximate surface area is 290 Å². The van der Waals surface area contributed by atoms with E-state index in [-0.39, 0.29) is 30.2 Å². The Morgan fingerprint density at radius 1 is 0.980 bits per heavy atom. The van der Waals surface area contributed by atoms with Crippen LogP contribution in [0.3, 0.4) is 0 Å². The van der Waals surface area contributed by atoms with Crippen LogP contribution < -0.4 is 25.4 Å². The SMILES string of the molecule is COc1ncc(-c2ccc(C[C@@H](C(N)=O)N(C(=O)C3CCC(CNC(=O)OC(C)(C)C)CC3)c3ccc(-c4nn[nH]n4)cc3)cc2)c(OC)n1. The van der Waals surface area contributed by atoms with Gasteiger partial charge in [0.15, 0.2) is 0 Å². The molecule has 15 heteroatoms. The summed E-state index contributed by atoms with van der Waals surface area (Å²) in [6, 6.07) is 13.8. The molecule has 0 saturated heterocycles. The van der Waals surface area contributed by atoms with Crippen LogP contribution in [0.2, 0.25) is 0 Å². The van der Waals surface area contributed by atoms with Gasteiger partial charge in [0, 0.05) is 36.3 Å². The van der Waals surface area contributed by atoms with E-state index in [1.54, 1.807) is 30.5 Å². The Bertz CT molecular complexity index is 1750.